The Labute approximate surface area is 108 Å². The second kappa shape index (κ2) is 5.89. The molecule has 0 atom stereocenters. The highest BCUT2D eigenvalue weighted by atomic mass is 79.9. The molecular formula is C12H15BrF2N2. The molecule has 1 aromatic rings. The second-order valence-corrected chi connectivity index (χ2v) is 5.17. The van der Waals surface area contributed by atoms with E-state index in [9.17, 15) is 8.78 Å². The smallest absolute Gasteiger partial charge is 0.131 e. The molecule has 17 heavy (non-hydrogen) atoms. The van der Waals surface area contributed by atoms with Crippen LogP contribution in [-0.2, 0) is 6.54 Å². The van der Waals surface area contributed by atoms with Gasteiger partial charge in [0.1, 0.15) is 11.6 Å². The molecule has 0 aliphatic heterocycles. The number of hydrogen-bond donors (Lipinski definition) is 2. The Morgan fingerprint density at radius 2 is 1.82 bits per heavy atom. The lowest BCUT2D eigenvalue weighted by atomic mass is 10.2. The van der Waals surface area contributed by atoms with Crippen molar-refractivity contribution in [1.29, 1.82) is 0 Å². The molecule has 0 amide bonds. The first-order valence-electron chi connectivity index (χ1n) is 5.74. The molecule has 0 spiro atoms. The summed E-state index contributed by atoms with van der Waals surface area (Å²) in [5.74, 6) is -1.03. The fraction of sp³-hybridized carbons (Fsp3) is 0.500. The lowest BCUT2D eigenvalue weighted by molar-refractivity contribution is 0.528. The van der Waals surface area contributed by atoms with Gasteiger partial charge in [-0.3, -0.25) is 0 Å². The van der Waals surface area contributed by atoms with E-state index in [1.807, 2.05) is 0 Å². The number of halogens is 3. The van der Waals surface area contributed by atoms with Crippen molar-refractivity contribution in [2.45, 2.75) is 25.4 Å². The van der Waals surface area contributed by atoms with Gasteiger partial charge in [-0.15, -0.1) is 0 Å². The van der Waals surface area contributed by atoms with E-state index in [0.717, 1.165) is 6.54 Å². The van der Waals surface area contributed by atoms with Crippen LogP contribution in [0.1, 0.15) is 18.4 Å². The average molecular weight is 305 g/mol. The van der Waals surface area contributed by atoms with Crippen LogP contribution in [0, 0.1) is 11.6 Å². The molecule has 0 unspecified atom stereocenters. The standard InChI is InChI=1S/C12H15BrF2N2/c13-8-5-11(14)10(12(15)6-8)7-16-3-4-17-9-1-2-9/h5-6,9,16-17H,1-4,7H2. The monoisotopic (exact) mass is 304 g/mol. The lowest BCUT2D eigenvalue weighted by Crippen LogP contribution is -2.28. The van der Waals surface area contributed by atoms with Crippen molar-refractivity contribution in [3.63, 3.8) is 0 Å². The summed E-state index contributed by atoms with van der Waals surface area (Å²) in [6.07, 6.45) is 2.49. The van der Waals surface area contributed by atoms with E-state index >= 15 is 0 Å². The summed E-state index contributed by atoms with van der Waals surface area (Å²) in [5, 5.41) is 6.35. The topological polar surface area (TPSA) is 24.1 Å². The quantitative estimate of drug-likeness (QED) is 0.789. The lowest BCUT2D eigenvalue weighted by Gasteiger charge is -2.08. The normalized spacial score (nSPS) is 15.2. The van der Waals surface area contributed by atoms with Crippen molar-refractivity contribution >= 4 is 15.9 Å². The summed E-state index contributed by atoms with van der Waals surface area (Å²) >= 11 is 3.05. The Morgan fingerprint density at radius 3 is 2.41 bits per heavy atom. The van der Waals surface area contributed by atoms with Crippen molar-refractivity contribution in [2.24, 2.45) is 0 Å². The predicted molar refractivity (Wildman–Crippen MR) is 66.8 cm³/mol. The maximum absolute atomic E-state index is 13.4. The minimum atomic E-state index is -0.514. The third-order valence-electron chi connectivity index (χ3n) is 2.72. The van der Waals surface area contributed by atoms with Crippen LogP contribution in [0.3, 0.4) is 0 Å². The van der Waals surface area contributed by atoms with E-state index in [4.69, 9.17) is 0 Å². The van der Waals surface area contributed by atoms with Gasteiger partial charge < -0.3 is 10.6 Å². The molecule has 1 fully saturated rings. The first-order valence-corrected chi connectivity index (χ1v) is 6.53. The van der Waals surface area contributed by atoms with Crippen LogP contribution < -0.4 is 10.6 Å². The van der Waals surface area contributed by atoms with E-state index in [2.05, 4.69) is 26.6 Å². The molecule has 5 heteroatoms. The molecule has 1 aliphatic carbocycles. The van der Waals surface area contributed by atoms with Gasteiger partial charge in [-0.1, -0.05) is 15.9 Å². The highest BCUT2D eigenvalue weighted by molar-refractivity contribution is 9.10. The summed E-state index contributed by atoms with van der Waals surface area (Å²) in [6, 6.07) is 3.23. The van der Waals surface area contributed by atoms with Gasteiger partial charge in [0, 0.05) is 35.7 Å². The molecule has 2 rings (SSSR count). The fourth-order valence-corrected chi connectivity index (χ4v) is 2.01. The molecule has 94 valence electrons. The number of benzene rings is 1. The van der Waals surface area contributed by atoms with Gasteiger partial charge in [0.25, 0.3) is 0 Å². The number of hydrogen-bond acceptors (Lipinski definition) is 2. The summed E-state index contributed by atoms with van der Waals surface area (Å²) in [5.41, 5.74) is 0.0969. The molecule has 2 nitrogen and oxygen atoms in total. The van der Waals surface area contributed by atoms with Gasteiger partial charge in [0.2, 0.25) is 0 Å². The van der Waals surface area contributed by atoms with Gasteiger partial charge in [-0.2, -0.15) is 0 Å². The van der Waals surface area contributed by atoms with E-state index in [1.165, 1.54) is 25.0 Å². The van der Waals surface area contributed by atoms with Crippen LogP contribution in [0.2, 0.25) is 0 Å². The van der Waals surface area contributed by atoms with E-state index < -0.39 is 11.6 Å². The Morgan fingerprint density at radius 1 is 1.18 bits per heavy atom. The van der Waals surface area contributed by atoms with E-state index in [1.54, 1.807) is 0 Å². The first kappa shape index (κ1) is 12.9. The summed E-state index contributed by atoms with van der Waals surface area (Å²) < 4.78 is 27.3. The van der Waals surface area contributed by atoms with Crippen LogP contribution in [-0.4, -0.2) is 19.1 Å². The largest absolute Gasteiger partial charge is 0.313 e. The summed E-state index contributed by atoms with van der Waals surface area (Å²) in [7, 11) is 0. The molecule has 0 aromatic heterocycles. The Balaban J connectivity index is 1.77. The van der Waals surface area contributed by atoms with Gasteiger partial charge in [0.05, 0.1) is 0 Å². The Bertz CT molecular complexity index is 371. The van der Waals surface area contributed by atoms with E-state index in [-0.39, 0.29) is 12.1 Å². The molecule has 0 bridgehead atoms. The van der Waals surface area contributed by atoms with Crippen LogP contribution in [0.5, 0.6) is 0 Å². The number of rotatable bonds is 6. The second-order valence-electron chi connectivity index (χ2n) is 4.25. The molecule has 0 saturated heterocycles. The van der Waals surface area contributed by atoms with Gasteiger partial charge in [-0.05, 0) is 25.0 Å². The van der Waals surface area contributed by atoms with Crippen LogP contribution in [0.15, 0.2) is 16.6 Å². The first-order chi connectivity index (χ1) is 8.16. The van der Waals surface area contributed by atoms with Crippen LogP contribution >= 0.6 is 15.9 Å². The number of nitrogens with one attached hydrogen (secondary N) is 2. The minimum Gasteiger partial charge on any atom is -0.313 e. The van der Waals surface area contributed by atoms with E-state index in [0.29, 0.717) is 17.1 Å². The molecule has 0 heterocycles. The zero-order valence-corrected chi connectivity index (χ0v) is 11.0. The van der Waals surface area contributed by atoms with Crippen LogP contribution in [0.4, 0.5) is 8.78 Å². The third kappa shape index (κ3) is 4.01. The SMILES string of the molecule is Fc1cc(Br)cc(F)c1CNCCNC1CC1. The van der Waals surface area contributed by atoms with Crippen molar-refractivity contribution in [2.75, 3.05) is 13.1 Å². The van der Waals surface area contributed by atoms with Crippen molar-refractivity contribution < 1.29 is 8.78 Å². The molecular weight excluding hydrogens is 290 g/mol. The summed E-state index contributed by atoms with van der Waals surface area (Å²) in [4.78, 5) is 0. The summed E-state index contributed by atoms with van der Waals surface area (Å²) in [6.45, 7) is 1.77. The molecule has 1 aliphatic rings. The Hall–Kier alpha value is -0.520. The molecule has 2 N–H and O–H groups in total. The van der Waals surface area contributed by atoms with Crippen LogP contribution in [0.25, 0.3) is 0 Å². The fourth-order valence-electron chi connectivity index (χ4n) is 1.61. The maximum Gasteiger partial charge on any atom is 0.131 e. The zero-order chi connectivity index (χ0) is 12.3. The van der Waals surface area contributed by atoms with Crippen molar-refractivity contribution in [3.8, 4) is 0 Å². The Kier molecular flexibility index (Phi) is 4.48. The van der Waals surface area contributed by atoms with Crippen molar-refractivity contribution in [3.05, 3.63) is 33.8 Å². The third-order valence-corrected chi connectivity index (χ3v) is 3.18. The zero-order valence-electron chi connectivity index (χ0n) is 9.40. The van der Waals surface area contributed by atoms with Gasteiger partial charge in [0.15, 0.2) is 0 Å². The van der Waals surface area contributed by atoms with Crippen molar-refractivity contribution in [1.82, 2.24) is 10.6 Å². The minimum absolute atomic E-state index is 0.0969. The highest BCUT2D eigenvalue weighted by Gasteiger charge is 2.19. The molecule has 1 saturated carbocycles. The molecule has 0 radical (unpaired) electrons. The van der Waals surface area contributed by atoms with Gasteiger partial charge >= 0.3 is 0 Å². The predicted octanol–water partition coefficient (Wildman–Crippen LogP) is 2.57. The highest BCUT2D eigenvalue weighted by Crippen LogP contribution is 2.19. The van der Waals surface area contributed by atoms with Gasteiger partial charge in [-0.25, -0.2) is 8.78 Å². The average Bonchev–Trinajstić information content (AvgIpc) is 3.04. The molecule has 1 aromatic carbocycles. The maximum atomic E-state index is 13.4.